The number of rotatable bonds is 3. The average Bonchev–Trinajstić information content (AvgIpc) is 3.29. The van der Waals surface area contributed by atoms with Crippen molar-refractivity contribution in [2.75, 3.05) is 5.73 Å². The number of pyridine rings is 1. The van der Waals surface area contributed by atoms with Gasteiger partial charge in [-0.25, -0.2) is 0 Å². The van der Waals surface area contributed by atoms with E-state index in [1.165, 1.54) is 0 Å². The lowest BCUT2D eigenvalue weighted by Crippen LogP contribution is -2.08. The van der Waals surface area contributed by atoms with Crippen molar-refractivity contribution in [1.82, 2.24) is 9.97 Å². The summed E-state index contributed by atoms with van der Waals surface area (Å²) in [6.45, 7) is 0. The summed E-state index contributed by atoms with van der Waals surface area (Å²) in [6, 6.07) is 15.4. The smallest absolute Gasteiger partial charge is 0.196 e. The molecule has 1 aliphatic heterocycles. The van der Waals surface area contributed by atoms with Crippen molar-refractivity contribution in [3.8, 4) is 5.88 Å². The summed E-state index contributed by atoms with van der Waals surface area (Å²) < 4.78 is 0. The van der Waals surface area contributed by atoms with Crippen LogP contribution in [-0.4, -0.2) is 15.1 Å². The monoisotopic (exact) mass is 379 g/mol. The van der Waals surface area contributed by atoms with Crippen LogP contribution < -0.4 is 16.2 Å². The van der Waals surface area contributed by atoms with E-state index in [2.05, 4.69) is 20.2 Å². The summed E-state index contributed by atoms with van der Waals surface area (Å²) in [7, 11) is 0. The molecule has 0 atom stereocenters. The third-order valence-electron chi connectivity index (χ3n) is 4.90. The molecule has 5 rings (SSSR count). The molecule has 140 valence electrons. The summed E-state index contributed by atoms with van der Waals surface area (Å²) in [5.74, 6) is 0.0903. The van der Waals surface area contributed by atoms with E-state index in [9.17, 15) is 5.11 Å². The summed E-state index contributed by atoms with van der Waals surface area (Å²) in [5.41, 5.74) is 10.7. The van der Waals surface area contributed by atoms with Crippen LogP contribution in [0, 0.1) is 0 Å². The summed E-state index contributed by atoms with van der Waals surface area (Å²) in [5, 5.41) is 21.7. The lowest BCUT2D eigenvalue weighted by Gasteiger charge is -1.96. The number of nitrogen functional groups attached to an aromatic ring is 1. The zero-order valence-electron chi connectivity index (χ0n) is 15.4. The van der Waals surface area contributed by atoms with Gasteiger partial charge in [-0.15, -0.1) is 10.2 Å². The normalized spacial score (nSPS) is 13.7. The number of nitrogens with zero attached hydrogens (tertiary/aromatic N) is 3. The number of hydrogen-bond acceptors (Lipinski definition) is 5. The second-order valence-electron chi connectivity index (χ2n) is 6.78. The fourth-order valence-electron chi connectivity index (χ4n) is 3.43. The Balaban J connectivity index is 1.57. The highest BCUT2D eigenvalue weighted by Gasteiger charge is 2.11. The second kappa shape index (κ2) is 6.76. The molecule has 0 radical (unpaired) electrons. The maximum atomic E-state index is 10.3. The number of H-pyrrole nitrogens is 1. The Labute approximate surface area is 166 Å². The minimum Gasteiger partial charge on any atom is -0.494 e. The summed E-state index contributed by atoms with van der Waals surface area (Å²) in [6.07, 6.45) is 9.35. The number of azo groups is 1. The molecule has 6 heteroatoms. The van der Waals surface area contributed by atoms with Crippen LogP contribution in [0.15, 0.2) is 77.2 Å². The molecular formula is C23H17N5O. The Morgan fingerprint density at radius 3 is 2.69 bits per heavy atom. The number of aromatic nitrogens is 2. The van der Waals surface area contributed by atoms with Crippen molar-refractivity contribution in [3.05, 3.63) is 88.6 Å². The van der Waals surface area contributed by atoms with E-state index in [0.717, 1.165) is 38.3 Å². The van der Waals surface area contributed by atoms with Crippen LogP contribution >= 0.6 is 0 Å². The van der Waals surface area contributed by atoms with Crippen LogP contribution in [0.5, 0.6) is 5.88 Å². The molecule has 4 aromatic rings. The van der Waals surface area contributed by atoms with Gasteiger partial charge in [-0.05, 0) is 53.3 Å². The van der Waals surface area contributed by atoms with Gasteiger partial charge in [0.2, 0.25) is 0 Å². The Kier molecular flexibility index (Phi) is 3.95. The summed E-state index contributed by atoms with van der Waals surface area (Å²) in [4.78, 5) is 6.96. The topological polar surface area (TPSA) is 99.7 Å². The van der Waals surface area contributed by atoms with Crippen LogP contribution in [0.3, 0.4) is 0 Å². The zero-order valence-corrected chi connectivity index (χ0v) is 15.4. The van der Waals surface area contributed by atoms with Gasteiger partial charge in [0.25, 0.3) is 0 Å². The Morgan fingerprint density at radius 1 is 0.966 bits per heavy atom. The molecule has 29 heavy (non-hydrogen) atoms. The van der Waals surface area contributed by atoms with E-state index < -0.39 is 0 Å². The van der Waals surface area contributed by atoms with Gasteiger partial charge in [0.1, 0.15) is 0 Å². The predicted octanol–water partition coefficient (Wildman–Crippen LogP) is 3.60. The van der Waals surface area contributed by atoms with Gasteiger partial charge in [0.15, 0.2) is 5.88 Å². The van der Waals surface area contributed by atoms with Gasteiger partial charge in [0.05, 0.1) is 22.6 Å². The van der Waals surface area contributed by atoms with Gasteiger partial charge >= 0.3 is 0 Å². The van der Waals surface area contributed by atoms with Gasteiger partial charge in [-0.1, -0.05) is 24.3 Å². The fourth-order valence-corrected chi connectivity index (χ4v) is 3.43. The van der Waals surface area contributed by atoms with E-state index in [1.54, 1.807) is 18.5 Å². The highest BCUT2D eigenvalue weighted by Crippen LogP contribution is 2.31. The molecule has 4 N–H and O–H groups in total. The molecule has 1 aliphatic rings. The first-order chi connectivity index (χ1) is 14.2. The predicted molar refractivity (Wildman–Crippen MR) is 115 cm³/mol. The number of aromatic amines is 1. The maximum Gasteiger partial charge on any atom is 0.196 e. The molecule has 0 spiro atoms. The largest absolute Gasteiger partial charge is 0.494 e. The highest BCUT2D eigenvalue weighted by atomic mass is 16.3. The van der Waals surface area contributed by atoms with Gasteiger partial charge < -0.3 is 15.8 Å². The van der Waals surface area contributed by atoms with E-state index >= 15 is 0 Å². The molecule has 0 aliphatic carbocycles. The maximum absolute atomic E-state index is 10.3. The van der Waals surface area contributed by atoms with Crippen molar-refractivity contribution in [2.45, 2.75) is 0 Å². The lowest BCUT2D eigenvalue weighted by molar-refractivity contribution is 0.457. The van der Waals surface area contributed by atoms with Crippen molar-refractivity contribution < 1.29 is 5.11 Å². The number of anilines is 1. The fraction of sp³-hybridized carbons (Fsp3) is 0. The van der Waals surface area contributed by atoms with E-state index in [4.69, 9.17) is 5.73 Å². The van der Waals surface area contributed by atoms with Crippen molar-refractivity contribution in [3.63, 3.8) is 0 Å². The van der Waals surface area contributed by atoms with Gasteiger partial charge in [-0.3, -0.25) is 4.98 Å². The Bertz CT molecular complexity index is 1420. The molecule has 2 aromatic heterocycles. The van der Waals surface area contributed by atoms with Crippen LogP contribution in [0.2, 0.25) is 0 Å². The Morgan fingerprint density at radius 2 is 1.83 bits per heavy atom. The number of aromatic hydroxyl groups is 1. The third kappa shape index (κ3) is 3.06. The first kappa shape index (κ1) is 16.9. The van der Waals surface area contributed by atoms with Crippen LogP contribution in [0.4, 0.5) is 11.4 Å². The van der Waals surface area contributed by atoms with Crippen LogP contribution in [0.25, 0.3) is 28.8 Å². The number of nitrogens with two attached hydrogens (primary N) is 1. The molecule has 0 unspecified atom stereocenters. The number of benzene rings is 2. The molecule has 6 nitrogen and oxygen atoms in total. The lowest BCUT2D eigenvalue weighted by atomic mass is 10.1. The van der Waals surface area contributed by atoms with E-state index in [-0.39, 0.29) is 5.88 Å². The minimum atomic E-state index is 0.0903. The first-order valence-electron chi connectivity index (χ1n) is 9.14. The standard InChI is InChI=1S/C23H17N5O/c24-19-3-1-2-16-18(23(29)26-22(16)19)12-15-4-6-17-20(27-28-21(17)13-15)7-5-14-8-10-25-11-9-14/h1-13,26,29H,24H2. The SMILES string of the molecule is Nc1cccc2c(C=c3ccc4c(c3)N=NC=4C=Cc3ccncc3)c(O)[nH]c12. The molecule has 3 heterocycles. The highest BCUT2D eigenvalue weighted by molar-refractivity contribution is 5.98. The van der Waals surface area contributed by atoms with E-state index in [1.807, 2.05) is 60.7 Å². The molecule has 0 bridgehead atoms. The number of para-hydroxylation sites is 1. The van der Waals surface area contributed by atoms with Gasteiger partial charge in [0, 0.05) is 28.6 Å². The summed E-state index contributed by atoms with van der Waals surface area (Å²) >= 11 is 0. The number of nitrogens with one attached hydrogen (secondary N) is 1. The van der Waals surface area contributed by atoms with Gasteiger partial charge in [-0.2, -0.15) is 0 Å². The van der Waals surface area contributed by atoms with E-state index in [0.29, 0.717) is 11.3 Å². The molecule has 0 saturated carbocycles. The van der Waals surface area contributed by atoms with Crippen molar-refractivity contribution in [1.29, 1.82) is 0 Å². The average molecular weight is 379 g/mol. The van der Waals surface area contributed by atoms with Crippen molar-refractivity contribution >= 4 is 40.1 Å². The molecular weight excluding hydrogens is 362 g/mol. The van der Waals surface area contributed by atoms with Crippen LogP contribution in [0.1, 0.15) is 11.1 Å². The first-order valence-corrected chi connectivity index (χ1v) is 9.14. The zero-order chi connectivity index (χ0) is 19.8. The third-order valence-corrected chi connectivity index (χ3v) is 4.90. The molecule has 0 amide bonds. The Hall–Kier alpha value is -4.19. The number of hydrogen-bond donors (Lipinski definition) is 3. The minimum absolute atomic E-state index is 0.0903. The molecule has 0 saturated heterocycles. The second-order valence-corrected chi connectivity index (χ2v) is 6.78. The van der Waals surface area contributed by atoms with Crippen molar-refractivity contribution in [2.24, 2.45) is 10.2 Å². The quantitative estimate of drug-likeness (QED) is 0.474. The molecule has 0 fully saturated rings. The molecule has 2 aromatic carbocycles. The van der Waals surface area contributed by atoms with Crippen LogP contribution in [-0.2, 0) is 0 Å². The number of fused-ring (bicyclic) bond motifs is 2.